The molecule has 1 rings (SSSR count). The highest BCUT2D eigenvalue weighted by Gasteiger charge is 2.25. The molecule has 1 heterocycles. The van der Waals surface area contributed by atoms with Crippen molar-refractivity contribution in [1.29, 1.82) is 0 Å². The lowest BCUT2D eigenvalue weighted by atomic mass is 10.0. The third-order valence-corrected chi connectivity index (χ3v) is 2.75. The van der Waals surface area contributed by atoms with Crippen LogP contribution in [0.25, 0.3) is 0 Å². The number of ether oxygens (including phenoxy) is 2. The molecule has 0 aliphatic carbocycles. The fourth-order valence-corrected chi connectivity index (χ4v) is 1.66. The van der Waals surface area contributed by atoms with E-state index in [1.165, 1.54) is 7.11 Å². The minimum absolute atomic E-state index is 0.157. The Morgan fingerprint density at radius 1 is 1.73 bits per heavy atom. The van der Waals surface area contributed by atoms with E-state index < -0.39 is 6.04 Å². The Bertz CT molecular complexity index is 211. The highest BCUT2D eigenvalue weighted by molar-refractivity contribution is 5.81. The Labute approximate surface area is 90.3 Å². The summed E-state index contributed by atoms with van der Waals surface area (Å²) >= 11 is 0. The number of amides is 1. The zero-order chi connectivity index (χ0) is 11.3. The molecule has 0 radical (unpaired) electrons. The van der Waals surface area contributed by atoms with Gasteiger partial charge < -0.3 is 20.5 Å². The highest BCUT2D eigenvalue weighted by atomic mass is 16.5. The molecule has 5 nitrogen and oxygen atoms in total. The van der Waals surface area contributed by atoms with Crippen LogP contribution >= 0.6 is 0 Å². The van der Waals surface area contributed by atoms with Crippen molar-refractivity contribution in [3.8, 4) is 0 Å². The van der Waals surface area contributed by atoms with Crippen LogP contribution in [0.5, 0.6) is 0 Å². The van der Waals surface area contributed by atoms with Gasteiger partial charge in [-0.3, -0.25) is 4.79 Å². The number of nitrogens with two attached hydrogens (primary N) is 1. The van der Waals surface area contributed by atoms with Gasteiger partial charge in [0.1, 0.15) is 6.04 Å². The van der Waals surface area contributed by atoms with Crippen molar-refractivity contribution in [2.75, 3.05) is 26.9 Å². The first kappa shape index (κ1) is 12.4. The Balaban J connectivity index is 2.21. The fraction of sp³-hybridized carbons (Fsp3) is 0.900. The third kappa shape index (κ3) is 3.77. The van der Waals surface area contributed by atoms with Gasteiger partial charge in [0.25, 0.3) is 0 Å². The van der Waals surface area contributed by atoms with Crippen molar-refractivity contribution in [2.45, 2.75) is 25.5 Å². The molecule has 0 aromatic heterocycles. The standard InChI is InChI=1S/C10H20N2O3/c1-7-8(3-4-15-7)5-12-10(13)9(11)6-14-2/h7-9H,3-6,11H2,1-2H3,(H,12,13). The Kier molecular flexibility index (Phi) is 5.01. The molecule has 1 amide bonds. The molecule has 15 heavy (non-hydrogen) atoms. The molecule has 0 aromatic rings. The van der Waals surface area contributed by atoms with E-state index >= 15 is 0 Å². The Morgan fingerprint density at radius 2 is 2.47 bits per heavy atom. The average molecular weight is 216 g/mol. The van der Waals surface area contributed by atoms with Gasteiger partial charge in [0, 0.05) is 26.2 Å². The lowest BCUT2D eigenvalue weighted by Crippen LogP contribution is -2.45. The molecule has 5 heteroatoms. The molecule has 1 aliphatic rings. The first-order valence-corrected chi connectivity index (χ1v) is 5.29. The van der Waals surface area contributed by atoms with Crippen LogP contribution in [0.2, 0.25) is 0 Å². The lowest BCUT2D eigenvalue weighted by molar-refractivity contribution is -0.123. The third-order valence-electron chi connectivity index (χ3n) is 2.75. The van der Waals surface area contributed by atoms with E-state index in [0.717, 1.165) is 13.0 Å². The van der Waals surface area contributed by atoms with Crippen molar-refractivity contribution in [3.63, 3.8) is 0 Å². The molecular weight excluding hydrogens is 196 g/mol. The van der Waals surface area contributed by atoms with Crippen molar-refractivity contribution < 1.29 is 14.3 Å². The van der Waals surface area contributed by atoms with Gasteiger partial charge in [-0.15, -0.1) is 0 Å². The molecule has 0 saturated carbocycles. The molecule has 3 atom stereocenters. The zero-order valence-electron chi connectivity index (χ0n) is 9.36. The van der Waals surface area contributed by atoms with Gasteiger partial charge in [0.2, 0.25) is 5.91 Å². The van der Waals surface area contributed by atoms with Gasteiger partial charge in [-0.25, -0.2) is 0 Å². The maximum atomic E-state index is 11.4. The SMILES string of the molecule is COCC(N)C(=O)NCC1CCOC1C. The van der Waals surface area contributed by atoms with Gasteiger partial charge in [-0.1, -0.05) is 0 Å². The number of hydrogen-bond acceptors (Lipinski definition) is 4. The summed E-state index contributed by atoms with van der Waals surface area (Å²) in [6, 6.07) is -0.576. The van der Waals surface area contributed by atoms with Gasteiger partial charge in [-0.2, -0.15) is 0 Å². The summed E-state index contributed by atoms with van der Waals surface area (Å²) in [5, 5.41) is 2.82. The van der Waals surface area contributed by atoms with E-state index in [-0.39, 0.29) is 18.6 Å². The second-order valence-electron chi connectivity index (χ2n) is 3.93. The number of carbonyl (C=O) groups excluding carboxylic acids is 1. The molecule has 1 aliphatic heterocycles. The van der Waals surface area contributed by atoms with Crippen molar-refractivity contribution >= 4 is 5.91 Å². The predicted octanol–water partition coefficient (Wildman–Crippen LogP) is -0.499. The molecule has 1 saturated heterocycles. The van der Waals surface area contributed by atoms with Crippen molar-refractivity contribution in [3.05, 3.63) is 0 Å². The number of methoxy groups -OCH3 is 1. The van der Waals surface area contributed by atoms with E-state index in [1.807, 2.05) is 6.92 Å². The van der Waals surface area contributed by atoms with Crippen LogP contribution in [0.1, 0.15) is 13.3 Å². The van der Waals surface area contributed by atoms with Crippen LogP contribution < -0.4 is 11.1 Å². The molecule has 3 unspecified atom stereocenters. The molecule has 0 bridgehead atoms. The van der Waals surface area contributed by atoms with Gasteiger partial charge in [0.15, 0.2) is 0 Å². The van der Waals surface area contributed by atoms with Gasteiger partial charge >= 0.3 is 0 Å². The predicted molar refractivity (Wildman–Crippen MR) is 56.4 cm³/mol. The maximum absolute atomic E-state index is 11.4. The topological polar surface area (TPSA) is 73.6 Å². The normalized spacial score (nSPS) is 27.7. The maximum Gasteiger partial charge on any atom is 0.239 e. The van der Waals surface area contributed by atoms with Crippen LogP contribution in [-0.2, 0) is 14.3 Å². The summed E-state index contributed by atoms with van der Waals surface area (Å²) in [7, 11) is 1.53. The summed E-state index contributed by atoms with van der Waals surface area (Å²) in [6.07, 6.45) is 1.23. The summed E-state index contributed by atoms with van der Waals surface area (Å²) in [4.78, 5) is 11.4. The number of carbonyl (C=O) groups is 1. The van der Waals surface area contributed by atoms with Crippen molar-refractivity contribution in [1.82, 2.24) is 5.32 Å². The van der Waals surface area contributed by atoms with Crippen LogP contribution in [-0.4, -0.2) is 44.9 Å². The van der Waals surface area contributed by atoms with E-state index in [1.54, 1.807) is 0 Å². The number of rotatable bonds is 5. The molecule has 0 spiro atoms. The quantitative estimate of drug-likeness (QED) is 0.650. The Morgan fingerprint density at radius 3 is 3.00 bits per heavy atom. The molecule has 3 N–H and O–H groups in total. The molecule has 88 valence electrons. The summed E-state index contributed by atoms with van der Waals surface area (Å²) < 4.78 is 10.2. The first-order valence-electron chi connectivity index (χ1n) is 5.29. The van der Waals surface area contributed by atoms with E-state index in [9.17, 15) is 4.79 Å². The van der Waals surface area contributed by atoms with Gasteiger partial charge in [0.05, 0.1) is 12.7 Å². The first-order chi connectivity index (χ1) is 7.15. The average Bonchev–Trinajstić information content (AvgIpc) is 2.61. The smallest absolute Gasteiger partial charge is 0.239 e. The molecular formula is C10H20N2O3. The van der Waals surface area contributed by atoms with E-state index in [4.69, 9.17) is 15.2 Å². The number of nitrogens with one attached hydrogen (secondary N) is 1. The van der Waals surface area contributed by atoms with Gasteiger partial charge in [-0.05, 0) is 13.3 Å². The van der Waals surface area contributed by atoms with E-state index in [2.05, 4.69) is 5.32 Å². The molecule has 1 fully saturated rings. The fourth-order valence-electron chi connectivity index (χ4n) is 1.66. The monoisotopic (exact) mass is 216 g/mol. The second-order valence-corrected chi connectivity index (χ2v) is 3.93. The number of hydrogen-bond donors (Lipinski definition) is 2. The minimum Gasteiger partial charge on any atom is -0.383 e. The largest absolute Gasteiger partial charge is 0.383 e. The summed E-state index contributed by atoms with van der Waals surface area (Å²) in [5.41, 5.74) is 5.58. The molecule has 0 aromatic carbocycles. The lowest BCUT2D eigenvalue weighted by Gasteiger charge is -2.16. The highest BCUT2D eigenvalue weighted by Crippen LogP contribution is 2.19. The van der Waals surface area contributed by atoms with Crippen molar-refractivity contribution in [2.24, 2.45) is 11.7 Å². The zero-order valence-corrected chi connectivity index (χ0v) is 9.36. The van der Waals surface area contributed by atoms with Crippen LogP contribution in [0.15, 0.2) is 0 Å². The minimum atomic E-state index is -0.576. The van der Waals surface area contributed by atoms with Crippen LogP contribution in [0.3, 0.4) is 0 Å². The summed E-state index contributed by atoms with van der Waals surface area (Å²) in [5.74, 6) is 0.250. The Hall–Kier alpha value is -0.650. The van der Waals surface area contributed by atoms with E-state index in [0.29, 0.717) is 12.5 Å². The van der Waals surface area contributed by atoms with Crippen LogP contribution in [0, 0.1) is 5.92 Å². The summed E-state index contributed by atoms with van der Waals surface area (Å²) in [6.45, 7) is 3.70. The second kappa shape index (κ2) is 6.05. The van der Waals surface area contributed by atoms with Crippen LogP contribution in [0.4, 0.5) is 0 Å².